The number of hydrogen-bond acceptors (Lipinski definition) is 5. The van der Waals surface area contributed by atoms with Gasteiger partial charge in [0.1, 0.15) is 0 Å². The molecule has 0 aliphatic carbocycles. The molecule has 9 heteroatoms. The van der Waals surface area contributed by atoms with Crippen molar-refractivity contribution in [2.75, 3.05) is 26.2 Å². The molecule has 4 heterocycles. The van der Waals surface area contributed by atoms with E-state index >= 15 is 0 Å². The minimum Gasteiger partial charge on any atom is -0.459 e. The number of rotatable bonds is 5. The highest BCUT2D eigenvalue weighted by Gasteiger charge is 2.33. The molecule has 2 aliphatic rings. The van der Waals surface area contributed by atoms with Gasteiger partial charge in [-0.2, -0.15) is 5.10 Å². The van der Waals surface area contributed by atoms with Crippen LogP contribution < -0.4 is 5.32 Å². The van der Waals surface area contributed by atoms with Gasteiger partial charge in [0.05, 0.1) is 12.8 Å². The summed E-state index contributed by atoms with van der Waals surface area (Å²) in [6, 6.07) is 11.9. The summed E-state index contributed by atoms with van der Waals surface area (Å²) in [5.74, 6) is -0.103. The van der Waals surface area contributed by atoms with Gasteiger partial charge < -0.3 is 19.5 Å². The van der Waals surface area contributed by atoms with Gasteiger partial charge >= 0.3 is 0 Å². The third-order valence-electron chi connectivity index (χ3n) is 6.74. The largest absolute Gasteiger partial charge is 0.459 e. The lowest BCUT2D eigenvalue weighted by Crippen LogP contribution is -2.38. The Morgan fingerprint density at radius 1 is 1.03 bits per heavy atom. The van der Waals surface area contributed by atoms with Crippen molar-refractivity contribution in [1.29, 1.82) is 0 Å². The molecule has 1 aromatic carbocycles. The first-order valence-electron chi connectivity index (χ1n) is 12.0. The zero-order valence-corrected chi connectivity index (χ0v) is 19.8. The van der Waals surface area contributed by atoms with Crippen LogP contribution >= 0.6 is 0 Å². The summed E-state index contributed by atoms with van der Waals surface area (Å²) in [6.45, 7) is 4.52. The lowest BCUT2D eigenvalue weighted by Gasteiger charge is -2.28. The number of aryl methyl sites for hydroxylation is 3. The summed E-state index contributed by atoms with van der Waals surface area (Å²) in [5, 5.41) is 7.57. The highest BCUT2D eigenvalue weighted by Crippen LogP contribution is 2.26. The van der Waals surface area contributed by atoms with Crippen molar-refractivity contribution >= 4 is 17.7 Å². The van der Waals surface area contributed by atoms with Gasteiger partial charge in [-0.15, -0.1) is 0 Å². The second-order valence-electron chi connectivity index (χ2n) is 9.03. The second kappa shape index (κ2) is 9.77. The zero-order valence-electron chi connectivity index (χ0n) is 19.8. The van der Waals surface area contributed by atoms with E-state index in [-0.39, 0.29) is 24.1 Å². The number of benzene rings is 1. The first-order valence-corrected chi connectivity index (χ1v) is 12.0. The predicted molar refractivity (Wildman–Crippen MR) is 128 cm³/mol. The van der Waals surface area contributed by atoms with Crippen LogP contribution in [-0.2, 0) is 30.7 Å². The average Bonchev–Trinajstić information content (AvgIpc) is 3.40. The predicted octanol–water partition coefficient (Wildman–Crippen LogP) is 2.19. The Bertz CT molecular complexity index is 1250. The topological polar surface area (TPSA) is 101 Å². The summed E-state index contributed by atoms with van der Waals surface area (Å²) in [6.07, 6.45) is 3.18. The quantitative estimate of drug-likeness (QED) is 0.610. The molecule has 9 nitrogen and oxygen atoms in total. The number of aromatic nitrogens is 2. The molecule has 3 aromatic rings. The first kappa shape index (κ1) is 22.9. The number of carbonyl (C=O) groups excluding carboxylic acids is 3. The van der Waals surface area contributed by atoms with Crippen molar-refractivity contribution in [3.05, 3.63) is 76.5 Å². The van der Waals surface area contributed by atoms with E-state index in [1.807, 2.05) is 29.8 Å². The Morgan fingerprint density at radius 2 is 1.83 bits per heavy atom. The van der Waals surface area contributed by atoms with E-state index in [9.17, 15) is 14.4 Å². The third-order valence-corrected chi connectivity index (χ3v) is 6.74. The molecule has 0 atom stereocenters. The van der Waals surface area contributed by atoms with E-state index in [1.54, 1.807) is 15.9 Å². The van der Waals surface area contributed by atoms with Crippen LogP contribution in [-0.4, -0.2) is 63.5 Å². The van der Waals surface area contributed by atoms with Crippen molar-refractivity contribution in [3.8, 4) is 0 Å². The Kier molecular flexibility index (Phi) is 6.39. The molecule has 3 amide bonds. The Balaban J connectivity index is 1.44. The zero-order chi connectivity index (χ0) is 24.4. The maximum atomic E-state index is 13.6. The monoisotopic (exact) mass is 475 g/mol. The molecule has 5 rings (SSSR count). The van der Waals surface area contributed by atoms with Crippen LogP contribution in [0, 0.1) is 6.92 Å². The second-order valence-corrected chi connectivity index (χ2v) is 9.03. The van der Waals surface area contributed by atoms with Gasteiger partial charge in [-0.1, -0.05) is 30.3 Å². The number of nitrogens with zero attached hydrogens (tertiary/aromatic N) is 4. The molecule has 0 bridgehead atoms. The van der Waals surface area contributed by atoms with Crippen molar-refractivity contribution in [2.24, 2.45) is 0 Å². The normalized spacial score (nSPS) is 16.0. The molecule has 1 N–H and O–H groups in total. The van der Waals surface area contributed by atoms with Crippen LogP contribution in [0.4, 0.5) is 0 Å². The van der Waals surface area contributed by atoms with Crippen LogP contribution in [0.2, 0.25) is 0 Å². The van der Waals surface area contributed by atoms with Crippen molar-refractivity contribution in [1.82, 2.24) is 24.9 Å². The maximum absolute atomic E-state index is 13.6. The van der Waals surface area contributed by atoms with Crippen molar-refractivity contribution in [2.45, 2.75) is 39.3 Å². The van der Waals surface area contributed by atoms with E-state index in [4.69, 9.17) is 9.52 Å². The molecular formula is C26H29N5O4. The van der Waals surface area contributed by atoms with Crippen molar-refractivity contribution < 1.29 is 18.8 Å². The molecule has 0 spiro atoms. The number of furan rings is 1. The third kappa shape index (κ3) is 4.71. The van der Waals surface area contributed by atoms with E-state index in [0.717, 1.165) is 23.2 Å². The van der Waals surface area contributed by atoms with Gasteiger partial charge in [0.15, 0.2) is 11.5 Å². The number of nitrogens with one attached hydrogen (secondary N) is 1. The summed E-state index contributed by atoms with van der Waals surface area (Å²) < 4.78 is 7.36. The summed E-state index contributed by atoms with van der Waals surface area (Å²) in [7, 11) is 0. The smallest absolute Gasteiger partial charge is 0.290 e. The highest BCUT2D eigenvalue weighted by molar-refractivity contribution is 5.96. The van der Waals surface area contributed by atoms with E-state index < -0.39 is 0 Å². The summed E-state index contributed by atoms with van der Waals surface area (Å²) >= 11 is 0. The van der Waals surface area contributed by atoms with Gasteiger partial charge in [0.25, 0.3) is 11.8 Å². The molecule has 2 aromatic heterocycles. The lowest BCUT2D eigenvalue weighted by molar-refractivity contribution is -0.120. The molecule has 35 heavy (non-hydrogen) atoms. The van der Waals surface area contributed by atoms with Gasteiger partial charge in [-0.3, -0.25) is 19.1 Å². The van der Waals surface area contributed by atoms with Crippen molar-refractivity contribution in [3.63, 3.8) is 0 Å². The maximum Gasteiger partial charge on any atom is 0.290 e. The summed E-state index contributed by atoms with van der Waals surface area (Å²) in [4.78, 5) is 41.9. The van der Waals surface area contributed by atoms with Crippen LogP contribution in [0.25, 0.3) is 0 Å². The SMILES string of the molecule is Cc1ccoc1C(=O)N1CCc2c(c(C(=O)N3CCNC(=O)CC3)nn2CCc2ccccc2)C1. The molecule has 0 unspecified atom stereocenters. The van der Waals surface area contributed by atoms with E-state index in [2.05, 4.69) is 17.4 Å². The fraction of sp³-hybridized carbons (Fsp3) is 0.385. The summed E-state index contributed by atoms with van der Waals surface area (Å²) in [5.41, 5.74) is 4.14. The van der Waals surface area contributed by atoms with Gasteiger partial charge in [0.2, 0.25) is 5.91 Å². The van der Waals surface area contributed by atoms with Crippen LogP contribution in [0.1, 0.15) is 49.8 Å². The minimum absolute atomic E-state index is 0.0543. The number of carbonyl (C=O) groups is 3. The van der Waals surface area contributed by atoms with E-state index in [1.165, 1.54) is 11.8 Å². The molecule has 182 valence electrons. The molecule has 1 fully saturated rings. The fourth-order valence-electron chi connectivity index (χ4n) is 4.76. The fourth-order valence-corrected chi connectivity index (χ4v) is 4.76. The lowest BCUT2D eigenvalue weighted by atomic mass is 10.0. The molecule has 0 radical (unpaired) electrons. The number of amides is 3. The standard InChI is InChI=1S/C26H29N5O4/c1-18-10-16-35-24(18)26(34)30-12-8-21-20(17-30)23(25(33)29-13-9-22(32)27-11-15-29)28-31(21)14-7-19-5-3-2-4-6-19/h2-6,10,16H,7-9,11-15,17H2,1H3,(H,27,32). The Hall–Kier alpha value is -3.88. The van der Waals surface area contributed by atoms with Gasteiger partial charge in [0, 0.05) is 62.4 Å². The molecule has 2 aliphatic heterocycles. The number of fused-ring (bicyclic) bond motifs is 1. The first-order chi connectivity index (χ1) is 17.0. The van der Waals surface area contributed by atoms with Gasteiger partial charge in [-0.25, -0.2) is 0 Å². The minimum atomic E-state index is -0.195. The van der Waals surface area contributed by atoms with Crippen LogP contribution in [0.5, 0.6) is 0 Å². The molecular weight excluding hydrogens is 446 g/mol. The Labute approximate surface area is 203 Å². The van der Waals surface area contributed by atoms with E-state index in [0.29, 0.717) is 57.1 Å². The van der Waals surface area contributed by atoms with Crippen LogP contribution in [0.3, 0.4) is 0 Å². The highest BCUT2D eigenvalue weighted by atomic mass is 16.3. The number of hydrogen-bond donors (Lipinski definition) is 1. The molecule has 1 saturated heterocycles. The van der Waals surface area contributed by atoms with Gasteiger partial charge in [-0.05, 0) is 25.0 Å². The average molecular weight is 476 g/mol. The molecule has 0 saturated carbocycles. The Morgan fingerprint density at radius 3 is 2.60 bits per heavy atom. The van der Waals surface area contributed by atoms with Crippen LogP contribution in [0.15, 0.2) is 47.1 Å².